The fourth-order valence-electron chi connectivity index (χ4n) is 3.80. The van der Waals surface area contributed by atoms with Crippen LogP contribution in [0.3, 0.4) is 0 Å². The number of benzene rings is 2. The van der Waals surface area contributed by atoms with Crippen LogP contribution in [0, 0.1) is 20.2 Å². The summed E-state index contributed by atoms with van der Waals surface area (Å²) in [6.07, 6.45) is 3.62. The minimum Gasteiger partial charge on any atom is -0.347 e. The van der Waals surface area contributed by atoms with Crippen LogP contribution in [-0.2, 0) is 14.3 Å². The summed E-state index contributed by atoms with van der Waals surface area (Å²) in [5.74, 6) is -1.24. The quantitative estimate of drug-likeness (QED) is 0.413. The highest BCUT2D eigenvalue weighted by molar-refractivity contribution is 6.14. The molecule has 0 unspecified atom stereocenters. The molecule has 158 valence electrons. The van der Waals surface area contributed by atoms with Crippen molar-refractivity contribution in [1.82, 2.24) is 0 Å². The van der Waals surface area contributed by atoms with Crippen molar-refractivity contribution in [3.63, 3.8) is 0 Å². The van der Waals surface area contributed by atoms with Gasteiger partial charge in [-0.05, 0) is 23.3 Å². The van der Waals surface area contributed by atoms with Crippen LogP contribution < -0.4 is 0 Å². The lowest BCUT2D eigenvalue weighted by atomic mass is 9.82. The van der Waals surface area contributed by atoms with Crippen molar-refractivity contribution in [3.8, 4) is 0 Å². The molecule has 1 spiro atoms. The molecule has 9 heteroatoms. The van der Waals surface area contributed by atoms with Gasteiger partial charge in [0.2, 0.25) is 0 Å². The minimum absolute atomic E-state index is 0.0759. The molecule has 1 saturated heterocycles. The molecule has 9 nitrogen and oxygen atoms in total. The molecule has 2 fully saturated rings. The molecule has 2 aromatic rings. The summed E-state index contributed by atoms with van der Waals surface area (Å²) in [5, 5.41) is 22.1. The van der Waals surface area contributed by atoms with Crippen LogP contribution in [-0.4, -0.2) is 34.6 Å². The Balaban J connectivity index is 1.74. The van der Waals surface area contributed by atoms with E-state index in [0.717, 1.165) is 0 Å². The fourth-order valence-corrected chi connectivity index (χ4v) is 3.80. The predicted molar refractivity (Wildman–Crippen MR) is 111 cm³/mol. The van der Waals surface area contributed by atoms with Gasteiger partial charge < -0.3 is 9.47 Å². The van der Waals surface area contributed by atoms with Gasteiger partial charge in [-0.15, -0.1) is 0 Å². The largest absolute Gasteiger partial charge is 0.347 e. The first kappa shape index (κ1) is 20.6. The van der Waals surface area contributed by atoms with E-state index in [4.69, 9.17) is 9.47 Å². The van der Waals surface area contributed by atoms with Crippen molar-refractivity contribution >= 4 is 29.3 Å². The van der Waals surface area contributed by atoms with Gasteiger partial charge in [0.15, 0.2) is 11.6 Å². The Morgan fingerprint density at radius 1 is 0.806 bits per heavy atom. The van der Waals surface area contributed by atoms with Crippen molar-refractivity contribution in [2.24, 2.45) is 0 Å². The SMILES string of the molecule is O=C1/C(=C/c2cccc([N+](=O)[O-])c2)CC2(C/C1=C\c1cccc([N+](=O)[O-])c1)OCCO2. The number of ether oxygens (including phenoxy) is 2. The van der Waals surface area contributed by atoms with Crippen LogP contribution in [0.25, 0.3) is 12.2 Å². The average molecular weight is 422 g/mol. The van der Waals surface area contributed by atoms with E-state index >= 15 is 0 Å². The fraction of sp³-hybridized carbons (Fsp3) is 0.227. The zero-order chi connectivity index (χ0) is 22.0. The summed E-state index contributed by atoms with van der Waals surface area (Å²) in [6.45, 7) is 0.782. The van der Waals surface area contributed by atoms with Gasteiger partial charge >= 0.3 is 0 Å². The highest BCUT2D eigenvalue weighted by Gasteiger charge is 2.44. The van der Waals surface area contributed by atoms with Crippen molar-refractivity contribution < 1.29 is 24.1 Å². The second-order valence-corrected chi connectivity index (χ2v) is 7.33. The van der Waals surface area contributed by atoms with Crippen molar-refractivity contribution in [1.29, 1.82) is 0 Å². The normalized spacial score (nSPS) is 20.5. The van der Waals surface area contributed by atoms with Gasteiger partial charge in [-0.1, -0.05) is 24.3 Å². The Morgan fingerprint density at radius 2 is 1.26 bits per heavy atom. The maximum absolute atomic E-state index is 13.2. The Kier molecular flexibility index (Phi) is 5.45. The molecule has 4 rings (SSSR count). The molecule has 31 heavy (non-hydrogen) atoms. The van der Waals surface area contributed by atoms with Crippen LogP contribution in [0.4, 0.5) is 11.4 Å². The molecule has 1 aliphatic heterocycles. The molecule has 0 atom stereocenters. The lowest BCUT2D eigenvalue weighted by molar-refractivity contribution is -0.385. The van der Waals surface area contributed by atoms with Crippen LogP contribution in [0.2, 0.25) is 0 Å². The molecule has 1 saturated carbocycles. The lowest BCUT2D eigenvalue weighted by Crippen LogP contribution is -2.38. The topological polar surface area (TPSA) is 122 Å². The van der Waals surface area contributed by atoms with E-state index in [1.165, 1.54) is 24.3 Å². The van der Waals surface area contributed by atoms with Crippen LogP contribution in [0.5, 0.6) is 0 Å². The van der Waals surface area contributed by atoms with Crippen molar-refractivity contribution in [2.45, 2.75) is 18.6 Å². The van der Waals surface area contributed by atoms with Crippen LogP contribution >= 0.6 is 0 Å². The number of nitrogens with zero attached hydrogens (tertiary/aromatic N) is 2. The molecule has 0 N–H and O–H groups in total. The third-order valence-electron chi connectivity index (χ3n) is 5.16. The smallest absolute Gasteiger partial charge is 0.270 e. The first-order valence-corrected chi connectivity index (χ1v) is 9.58. The Labute approximate surface area is 176 Å². The molecule has 0 bridgehead atoms. The van der Waals surface area contributed by atoms with Crippen molar-refractivity contribution in [2.75, 3.05) is 13.2 Å². The molecular formula is C22H18N2O7. The first-order valence-electron chi connectivity index (χ1n) is 9.58. The molecule has 1 aliphatic carbocycles. The van der Waals surface area contributed by atoms with Gasteiger partial charge in [-0.2, -0.15) is 0 Å². The molecule has 1 heterocycles. The third-order valence-corrected chi connectivity index (χ3v) is 5.16. The summed E-state index contributed by atoms with van der Waals surface area (Å²) in [5.41, 5.74) is 1.67. The highest BCUT2D eigenvalue weighted by Crippen LogP contribution is 2.41. The van der Waals surface area contributed by atoms with Gasteiger partial charge in [0.25, 0.3) is 11.4 Å². The van der Waals surface area contributed by atoms with Gasteiger partial charge in [0.1, 0.15) is 0 Å². The predicted octanol–water partition coefficient (Wildman–Crippen LogP) is 4.08. The summed E-state index contributed by atoms with van der Waals surface area (Å²) < 4.78 is 11.6. The number of hydrogen-bond donors (Lipinski definition) is 0. The first-order chi connectivity index (χ1) is 14.8. The number of nitro benzene ring substituents is 2. The second kappa shape index (κ2) is 8.21. The van der Waals surface area contributed by atoms with E-state index in [2.05, 4.69) is 0 Å². The van der Waals surface area contributed by atoms with Gasteiger partial charge in [0.05, 0.1) is 23.1 Å². The zero-order valence-corrected chi connectivity index (χ0v) is 16.4. The summed E-state index contributed by atoms with van der Waals surface area (Å²) >= 11 is 0. The Morgan fingerprint density at radius 3 is 1.68 bits per heavy atom. The average Bonchev–Trinajstić information content (AvgIpc) is 3.19. The van der Waals surface area contributed by atoms with Gasteiger partial charge in [-0.3, -0.25) is 25.0 Å². The summed E-state index contributed by atoms with van der Waals surface area (Å²) in [4.78, 5) is 34.3. The molecule has 0 radical (unpaired) electrons. The number of non-ortho nitro benzene ring substituents is 2. The van der Waals surface area contributed by atoms with E-state index in [0.29, 0.717) is 35.5 Å². The van der Waals surface area contributed by atoms with E-state index < -0.39 is 15.6 Å². The van der Waals surface area contributed by atoms with Crippen LogP contribution in [0.15, 0.2) is 59.7 Å². The third kappa shape index (κ3) is 4.42. The molecule has 0 aromatic heterocycles. The maximum atomic E-state index is 13.2. The maximum Gasteiger partial charge on any atom is 0.270 e. The molecule has 0 amide bonds. The molecular weight excluding hydrogens is 404 g/mol. The summed E-state index contributed by atoms with van der Waals surface area (Å²) in [6, 6.07) is 12.0. The Bertz CT molecular complexity index is 1050. The number of hydrogen-bond acceptors (Lipinski definition) is 7. The summed E-state index contributed by atoms with van der Waals surface area (Å²) in [7, 11) is 0. The zero-order valence-electron chi connectivity index (χ0n) is 16.4. The van der Waals surface area contributed by atoms with Crippen LogP contribution in [0.1, 0.15) is 24.0 Å². The number of carbonyl (C=O) groups is 1. The lowest BCUT2D eigenvalue weighted by Gasteiger charge is -2.33. The van der Waals surface area contributed by atoms with Gasteiger partial charge in [-0.25, -0.2) is 0 Å². The number of rotatable bonds is 4. The van der Waals surface area contributed by atoms with Gasteiger partial charge in [0, 0.05) is 48.3 Å². The second-order valence-electron chi connectivity index (χ2n) is 7.33. The molecule has 2 aromatic carbocycles. The highest BCUT2D eigenvalue weighted by atomic mass is 16.7. The van der Waals surface area contributed by atoms with E-state index in [9.17, 15) is 25.0 Å². The minimum atomic E-state index is -0.993. The monoisotopic (exact) mass is 422 g/mol. The molecule has 2 aliphatic rings. The Hall–Kier alpha value is -3.69. The number of carbonyl (C=O) groups excluding carboxylic acids is 1. The van der Waals surface area contributed by atoms with E-state index in [1.807, 2.05) is 0 Å². The number of ketones is 1. The van der Waals surface area contributed by atoms with E-state index in [-0.39, 0.29) is 30.0 Å². The van der Waals surface area contributed by atoms with Crippen molar-refractivity contribution in [3.05, 3.63) is 91.0 Å². The number of nitro groups is 2. The standard InChI is InChI=1S/C22H18N2O7/c25-21-17(9-15-3-1-5-19(11-15)23(26)27)13-22(30-7-8-31-22)14-18(21)10-16-4-2-6-20(12-16)24(28)29/h1-6,9-12H,7-8,13-14H2/b17-9+,18-10+. The number of Topliss-reactive ketones (excluding diaryl/α,β-unsaturated/α-hetero) is 1. The van der Waals surface area contributed by atoms with E-state index in [1.54, 1.807) is 36.4 Å².